The number of carbonyl (C=O) groups excluding carboxylic acids is 1. The molecule has 5 heterocycles. The maximum Gasteiger partial charge on any atom is 0.275 e. The summed E-state index contributed by atoms with van der Waals surface area (Å²) in [7, 11) is 0. The molecule has 0 radical (unpaired) electrons. The van der Waals surface area contributed by atoms with E-state index < -0.39 is 0 Å². The highest BCUT2D eigenvalue weighted by Crippen LogP contribution is 2.29. The number of rotatable bonds is 4. The number of hydrogen-bond donors (Lipinski definition) is 2. The summed E-state index contributed by atoms with van der Waals surface area (Å²) in [6, 6.07) is 6.98. The van der Waals surface area contributed by atoms with Crippen molar-refractivity contribution < 1.29 is 9.21 Å². The van der Waals surface area contributed by atoms with E-state index in [1.54, 1.807) is 43.7 Å². The van der Waals surface area contributed by atoms with E-state index in [2.05, 4.69) is 25.4 Å². The van der Waals surface area contributed by atoms with Crippen molar-refractivity contribution in [2.24, 2.45) is 0 Å². The van der Waals surface area contributed by atoms with E-state index in [1.165, 1.54) is 10.9 Å². The van der Waals surface area contributed by atoms with Gasteiger partial charge >= 0.3 is 0 Å². The molecule has 0 saturated heterocycles. The molecule has 1 amide bonds. The van der Waals surface area contributed by atoms with Gasteiger partial charge in [0.15, 0.2) is 0 Å². The Morgan fingerprint density at radius 1 is 1.13 bits per heavy atom. The molecule has 0 saturated carbocycles. The zero-order valence-electron chi connectivity index (χ0n) is 16.8. The van der Waals surface area contributed by atoms with E-state index in [-0.39, 0.29) is 5.91 Å². The third-order valence-electron chi connectivity index (χ3n) is 4.88. The zero-order valence-corrected chi connectivity index (χ0v) is 16.8. The summed E-state index contributed by atoms with van der Waals surface area (Å²) in [5.41, 5.74) is 8.97. The molecule has 10 nitrogen and oxygen atoms in total. The van der Waals surface area contributed by atoms with Crippen LogP contribution < -0.4 is 11.1 Å². The molecule has 0 aliphatic carbocycles. The highest BCUT2D eigenvalue weighted by atomic mass is 16.3. The second kappa shape index (κ2) is 7.10. The van der Waals surface area contributed by atoms with Crippen LogP contribution in [0.2, 0.25) is 0 Å². The minimum Gasteiger partial charge on any atom is -0.462 e. The first-order chi connectivity index (χ1) is 15.0. The minimum absolute atomic E-state index is 0.299. The molecule has 3 N–H and O–H groups in total. The number of nitrogens with two attached hydrogens (primary N) is 1. The molecule has 0 spiro atoms. The van der Waals surface area contributed by atoms with Gasteiger partial charge in [-0.05, 0) is 38.1 Å². The molecule has 0 atom stereocenters. The molecular formula is C21H18N8O2. The van der Waals surface area contributed by atoms with Gasteiger partial charge in [-0.2, -0.15) is 5.10 Å². The van der Waals surface area contributed by atoms with Crippen LogP contribution in [-0.2, 0) is 0 Å². The van der Waals surface area contributed by atoms with Crippen LogP contribution in [0.25, 0.3) is 22.3 Å². The van der Waals surface area contributed by atoms with Crippen LogP contribution in [-0.4, -0.2) is 35.2 Å². The van der Waals surface area contributed by atoms with Crippen molar-refractivity contribution in [2.75, 3.05) is 11.1 Å². The third-order valence-corrected chi connectivity index (χ3v) is 4.88. The number of furan rings is 1. The Kier molecular flexibility index (Phi) is 4.25. The third kappa shape index (κ3) is 3.19. The van der Waals surface area contributed by atoms with Crippen LogP contribution >= 0.6 is 0 Å². The maximum atomic E-state index is 13.0. The van der Waals surface area contributed by atoms with Crippen molar-refractivity contribution in [1.29, 1.82) is 0 Å². The number of nitrogen functional groups attached to an aromatic ring is 1. The summed E-state index contributed by atoms with van der Waals surface area (Å²) in [6.45, 7) is 3.71. The number of amides is 1. The fourth-order valence-corrected chi connectivity index (χ4v) is 3.43. The Labute approximate surface area is 176 Å². The molecule has 0 aliphatic rings. The van der Waals surface area contributed by atoms with Gasteiger partial charge in [0.05, 0.1) is 23.0 Å². The number of nitrogens with one attached hydrogen (secondary N) is 1. The van der Waals surface area contributed by atoms with Crippen molar-refractivity contribution in [2.45, 2.75) is 13.8 Å². The number of anilines is 2. The van der Waals surface area contributed by atoms with Crippen LogP contribution in [0.4, 0.5) is 11.6 Å². The summed E-state index contributed by atoms with van der Waals surface area (Å²) in [5, 5.41) is 7.85. The van der Waals surface area contributed by atoms with Gasteiger partial charge in [0, 0.05) is 18.6 Å². The summed E-state index contributed by atoms with van der Waals surface area (Å²) in [5.74, 6) is 1.19. The van der Waals surface area contributed by atoms with Gasteiger partial charge < -0.3 is 20.0 Å². The molecule has 31 heavy (non-hydrogen) atoms. The maximum absolute atomic E-state index is 13.0. The van der Waals surface area contributed by atoms with Crippen LogP contribution in [0, 0.1) is 13.8 Å². The topological polar surface area (TPSA) is 130 Å². The molecule has 5 rings (SSSR count). The lowest BCUT2D eigenvalue weighted by Gasteiger charge is -2.09. The number of nitrogens with zero attached hydrogens (tertiary/aromatic N) is 6. The Morgan fingerprint density at radius 2 is 2.00 bits per heavy atom. The van der Waals surface area contributed by atoms with E-state index in [1.807, 2.05) is 23.8 Å². The Bertz CT molecular complexity index is 1410. The molecule has 0 aliphatic heterocycles. The Hall–Kier alpha value is -4.47. The first kappa shape index (κ1) is 18.6. The van der Waals surface area contributed by atoms with Gasteiger partial charge in [-0.25, -0.2) is 19.6 Å². The smallest absolute Gasteiger partial charge is 0.275 e. The van der Waals surface area contributed by atoms with Crippen LogP contribution in [0.15, 0.2) is 59.7 Å². The molecule has 154 valence electrons. The summed E-state index contributed by atoms with van der Waals surface area (Å²) in [4.78, 5) is 25.7. The standard InChI is InChI=1S/C21H18N8O2/c1-12-9-15(29(27-12)16-11-31-17-5-6-24-20(22)19(16)17)21(30)26-18-4-3-14(10-25-18)28-8-7-23-13(28)2/h3-11H,1-2H3,(H2,22,24)(H,25,26,30). The average Bonchev–Trinajstić information content (AvgIpc) is 3.47. The van der Waals surface area contributed by atoms with Gasteiger partial charge in [-0.3, -0.25) is 4.79 Å². The van der Waals surface area contributed by atoms with Crippen molar-refractivity contribution >= 4 is 28.5 Å². The SMILES string of the molecule is Cc1cc(C(=O)Nc2ccc(-n3ccnc3C)cn2)n(-c2coc3ccnc(N)c23)n1. The monoisotopic (exact) mass is 414 g/mol. The van der Waals surface area contributed by atoms with Crippen molar-refractivity contribution in [3.63, 3.8) is 0 Å². The number of aryl methyl sites for hydroxylation is 2. The van der Waals surface area contributed by atoms with Crippen LogP contribution in [0.1, 0.15) is 22.0 Å². The molecule has 0 aromatic carbocycles. The molecule has 5 aromatic rings. The van der Waals surface area contributed by atoms with Gasteiger partial charge in [0.1, 0.15) is 40.7 Å². The van der Waals surface area contributed by atoms with Crippen molar-refractivity contribution in [1.82, 2.24) is 29.3 Å². The summed E-state index contributed by atoms with van der Waals surface area (Å²) in [6.07, 6.45) is 8.31. The number of pyridine rings is 2. The summed E-state index contributed by atoms with van der Waals surface area (Å²) >= 11 is 0. The predicted molar refractivity (Wildman–Crippen MR) is 114 cm³/mol. The number of hydrogen-bond acceptors (Lipinski definition) is 7. The lowest BCUT2D eigenvalue weighted by Crippen LogP contribution is -2.17. The fourth-order valence-electron chi connectivity index (χ4n) is 3.43. The summed E-state index contributed by atoms with van der Waals surface area (Å²) < 4.78 is 8.97. The van der Waals surface area contributed by atoms with E-state index in [9.17, 15) is 4.79 Å². The first-order valence-corrected chi connectivity index (χ1v) is 9.48. The predicted octanol–water partition coefficient (Wildman–Crippen LogP) is 3.05. The van der Waals surface area contributed by atoms with Gasteiger partial charge in [0.2, 0.25) is 0 Å². The number of imidazole rings is 1. The van der Waals surface area contributed by atoms with Gasteiger partial charge in [-0.15, -0.1) is 0 Å². The fraction of sp³-hybridized carbons (Fsp3) is 0.0952. The first-order valence-electron chi connectivity index (χ1n) is 9.48. The molecular weight excluding hydrogens is 396 g/mol. The van der Waals surface area contributed by atoms with Crippen molar-refractivity contribution in [3.05, 3.63) is 72.5 Å². The lowest BCUT2D eigenvalue weighted by atomic mass is 10.2. The highest BCUT2D eigenvalue weighted by Gasteiger charge is 2.20. The van der Waals surface area contributed by atoms with E-state index in [0.717, 1.165) is 11.5 Å². The number of fused-ring (bicyclic) bond motifs is 1. The average molecular weight is 414 g/mol. The highest BCUT2D eigenvalue weighted by molar-refractivity contribution is 6.04. The normalized spacial score (nSPS) is 11.2. The number of carbonyl (C=O) groups is 1. The second-order valence-corrected chi connectivity index (χ2v) is 6.97. The van der Waals surface area contributed by atoms with E-state index >= 15 is 0 Å². The van der Waals surface area contributed by atoms with E-state index in [0.29, 0.717) is 39.7 Å². The molecule has 0 bridgehead atoms. The van der Waals surface area contributed by atoms with Gasteiger partial charge in [-0.1, -0.05) is 0 Å². The number of aromatic nitrogens is 6. The largest absolute Gasteiger partial charge is 0.462 e. The Balaban J connectivity index is 1.46. The lowest BCUT2D eigenvalue weighted by molar-refractivity contribution is 0.101. The van der Waals surface area contributed by atoms with Gasteiger partial charge in [0.25, 0.3) is 5.91 Å². The van der Waals surface area contributed by atoms with Crippen molar-refractivity contribution in [3.8, 4) is 11.4 Å². The zero-order chi connectivity index (χ0) is 21.5. The molecule has 0 fully saturated rings. The molecule has 0 unspecified atom stereocenters. The quantitative estimate of drug-likeness (QED) is 0.462. The Morgan fingerprint density at radius 3 is 2.74 bits per heavy atom. The van der Waals surface area contributed by atoms with Crippen LogP contribution in [0.3, 0.4) is 0 Å². The minimum atomic E-state index is -0.364. The molecule has 10 heteroatoms. The molecule has 5 aromatic heterocycles. The van der Waals surface area contributed by atoms with Crippen LogP contribution in [0.5, 0.6) is 0 Å². The second-order valence-electron chi connectivity index (χ2n) is 6.97. The van der Waals surface area contributed by atoms with E-state index in [4.69, 9.17) is 10.2 Å².